The van der Waals surface area contributed by atoms with Crippen molar-refractivity contribution >= 4 is 16.6 Å². The van der Waals surface area contributed by atoms with Crippen LogP contribution in [0.1, 0.15) is 5.56 Å². The largest absolute Gasteiger partial charge is 0.493 e. The summed E-state index contributed by atoms with van der Waals surface area (Å²) in [6.07, 6.45) is -3.15. The molecule has 0 saturated heterocycles. The van der Waals surface area contributed by atoms with E-state index in [9.17, 15) is 23.3 Å². The highest BCUT2D eigenvalue weighted by Gasteiger charge is 2.31. The minimum absolute atomic E-state index is 0.00890. The van der Waals surface area contributed by atoms with E-state index in [4.69, 9.17) is 9.47 Å². The maximum Gasteiger partial charge on any atom is 0.416 e. The number of benzene rings is 2. The number of pyridine rings is 1. The van der Waals surface area contributed by atoms with E-state index in [-0.39, 0.29) is 33.8 Å². The van der Waals surface area contributed by atoms with E-state index >= 15 is 0 Å². The molecule has 0 bridgehead atoms. The molecule has 134 valence electrons. The zero-order chi connectivity index (χ0) is 18.9. The van der Waals surface area contributed by atoms with Crippen LogP contribution < -0.4 is 9.47 Å². The van der Waals surface area contributed by atoms with Crippen molar-refractivity contribution in [2.75, 3.05) is 7.11 Å². The predicted molar refractivity (Wildman–Crippen MR) is 86.5 cm³/mol. The van der Waals surface area contributed by atoms with Gasteiger partial charge in [0.2, 0.25) is 0 Å². The molecule has 0 N–H and O–H groups in total. The average molecular weight is 364 g/mol. The predicted octanol–water partition coefficient (Wildman–Crippen LogP) is 4.96. The molecule has 1 aromatic heterocycles. The first-order valence-electron chi connectivity index (χ1n) is 7.26. The van der Waals surface area contributed by atoms with Gasteiger partial charge in [0.25, 0.3) is 5.69 Å². The van der Waals surface area contributed by atoms with E-state index in [1.54, 1.807) is 0 Å². The van der Waals surface area contributed by atoms with E-state index in [2.05, 4.69) is 4.98 Å². The Kier molecular flexibility index (Phi) is 4.37. The Morgan fingerprint density at radius 2 is 1.92 bits per heavy atom. The Bertz CT molecular complexity index is 989. The molecule has 6 nitrogen and oxygen atoms in total. The summed E-state index contributed by atoms with van der Waals surface area (Å²) in [6, 6.07) is 8.47. The third kappa shape index (κ3) is 3.23. The van der Waals surface area contributed by atoms with Crippen LogP contribution in [-0.4, -0.2) is 17.0 Å². The Morgan fingerprint density at radius 1 is 1.15 bits per heavy atom. The molecule has 0 radical (unpaired) electrons. The summed E-state index contributed by atoms with van der Waals surface area (Å²) in [4.78, 5) is 14.6. The fraction of sp³-hybridized carbons (Fsp3) is 0.118. The third-order valence-corrected chi connectivity index (χ3v) is 3.58. The molecule has 0 aliphatic heterocycles. The van der Waals surface area contributed by atoms with Crippen LogP contribution in [0.3, 0.4) is 0 Å². The Morgan fingerprint density at radius 3 is 2.58 bits per heavy atom. The normalized spacial score (nSPS) is 11.4. The van der Waals surface area contributed by atoms with Crippen molar-refractivity contribution in [3.63, 3.8) is 0 Å². The number of fused-ring (bicyclic) bond motifs is 1. The minimum atomic E-state index is -4.53. The molecule has 0 saturated carbocycles. The lowest BCUT2D eigenvalue weighted by atomic mass is 10.1. The van der Waals surface area contributed by atoms with Gasteiger partial charge >= 0.3 is 6.18 Å². The molecule has 3 aromatic rings. The number of rotatable bonds is 4. The number of ether oxygens (including phenoxy) is 2. The maximum absolute atomic E-state index is 12.9. The number of hydrogen-bond donors (Lipinski definition) is 0. The molecule has 0 unspecified atom stereocenters. The Hall–Kier alpha value is -3.36. The van der Waals surface area contributed by atoms with Crippen LogP contribution in [-0.2, 0) is 6.18 Å². The standard InChI is InChI=1S/C17H11F3N2O4/c1-25-14-9-13(22(23)24)15-12(6-3-7-21-15)16(14)26-11-5-2-4-10(8-11)17(18,19)20/h2-9H,1H3. The van der Waals surface area contributed by atoms with Gasteiger partial charge in [0.05, 0.1) is 29.0 Å². The highest BCUT2D eigenvalue weighted by atomic mass is 19.4. The first-order chi connectivity index (χ1) is 12.3. The van der Waals surface area contributed by atoms with Crippen LogP contribution in [0.15, 0.2) is 48.7 Å². The number of nitro benzene ring substituents is 1. The van der Waals surface area contributed by atoms with E-state index in [0.717, 1.165) is 18.2 Å². The zero-order valence-corrected chi connectivity index (χ0v) is 13.3. The Labute approximate surface area is 144 Å². The lowest BCUT2D eigenvalue weighted by molar-refractivity contribution is -0.383. The lowest BCUT2D eigenvalue weighted by Gasteiger charge is -2.14. The quantitative estimate of drug-likeness (QED) is 0.483. The summed E-state index contributed by atoms with van der Waals surface area (Å²) in [5, 5.41) is 11.5. The van der Waals surface area contributed by atoms with Gasteiger partial charge in [0, 0.05) is 6.20 Å². The van der Waals surface area contributed by atoms with E-state index in [1.165, 1.54) is 37.6 Å². The van der Waals surface area contributed by atoms with Crippen molar-refractivity contribution in [3.8, 4) is 17.2 Å². The molecule has 0 atom stereocenters. The molecule has 0 aliphatic carbocycles. The highest BCUT2D eigenvalue weighted by Crippen LogP contribution is 2.43. The number of hydrogen-bond acceptors (Lipinski definition) is 5. The second-order valence-electron chi connectivity index (χ2n) is 5.21. The van der Waals surface area contributed by atoms with Gasteiger partial charge in [0.15, 0.2) is 17.0 Å². The summed E-state index contributed by atoms with van der Waals surface area (Å²) >= 11 is 0. The first-order valence-corrected chi connectivity index (χ1v) is 7.26. The van der Waals surface area contributed by atoms with Crippen molar-refractivity contribution in [1.82, 2.24) is 4.98 Å². The molecule has 0 spiro atoms. The molecule has 0 fully saturated rings. The summed E-state index contributed by atoms with van der Waals surface area (Å²) in [6.45, 7) is 0. The molecule has 0 amide bonds. The van der Waals surface area contributed by atoms with Gasteiger partial charge in [0.1, 0.15) is 5.75 Å². The lowest BCUT2D eigenvalue weighted by Crippen LogP contribution is -2.04. The van der Waals surface area contributed by atoms with Gasteiger partial charge in [-0.15, -0.1) is 0 Å². The van der Waals surface area contributed by atoms with Crippen LogP contribution in [0, 0.1) is 10.1 Å². The minimum Gasteiger partial charge on any atom is -0.493 e. The second-order valence-corrected chi connectivity index (χ2v) is 5.21. The van der Waals surface area contributed by atoms with Gasteiger partial charge in [-0.05, 0) is 30.3 Å². The van der Waals surface area contributed by atoms with Crippen molar-refractivity contribution in [2.45, 2.75) is 6.18 Å². The maximum atomic E-state index is 12.9. The smallest absolute Gasteiger partial charge is 0.416 e. The van der Waals surface area contributed by atoms with Crippen molar-refractivity contribution in [3.05, 3.63) is 64.3 Å². The number of nitro groups is 1. The van der Waals surface area contributed by atoms with Crippen LogP contribution >= 0.6 is 0 Å². The van der Waals surface area contributed by atoms with Crippen molar-refractivity contribution in [2.24, 2.45) is 0 Å². The van der Waals surface area contributed by atoms with E-state index < -0.39 is 16.7 Å². The molecular formula is C17H11F3N2O4. The number of non-ortho nitro benzene ring substituents is 1. The van der Waals surface area contributed by atoms with Crippen LogP contribution in [0.5, 0.6) is 17.2 Å². The highest BCUT2D eigenvalue weighted by molar-refractivity contribution is 5.94. The third-order valence-electron chi connectivity index (χ3n) is 3.58. The first kappa shape index (κ1) is 17.5. The van der Waals surface area contributed by atoms with Gasteiger partial charge in [-0.25, -0.2) is 4.98 Å². The molecule has 0 aliphatic rings. The van der Waals surface area contributed by atoms with Crippen molar-refractivity contribution < 1.29 is 27.6 Å². The Balaban J connectivity index is 2.17. The van der Waals surface area contributed by atoms with Gasteiger partial charge < -0.3 is 9.47 Å². The molecule has 9 heteroatoms. The fourth-order valence-corrected chi connectivity index (χ4v) is 2.43. The number of nitrogens with zero attached hydrogens (tertiary/aromatic N) is 2. The molecule has 2 aromatic carbocycles. The van der Waals surface area contributed by atoms with Crippen LogP contribution in [0.25, 0.3) is 10.9 Å². The van der Waals surface area contributed by atoms with Crippen LogP contribution in [0.2, 0.25) is 0 Å². The fourth-order valence-electron chi connectivity index (χ4n) is 2.43. The molecule has 26 heavy (non-hydrogen) atoms. The summed E-state index contributed by atoms with van der Waals surface area (Å²) in [5.74, 6) is -0.0349. The topological polar surface area (TPSA) is 74.5 Å². The zero-order valence-electron chi connectivity index (χ0n) is 13.3. The SMILES string of the molecule is COc1cc([N+](=O)[O-])c2ncccc2c1Oc1cccc(C(F)(F)F)c1. The summed E-state index contributed by atoms with van der Waals surface area (Å²) in [7, 11) is 1.28. The monoisotopic (exact) mass is 364 g/mol. The average Bonchev–Trinajstić information content (AvgIpc) is 2.61. The number of methoxy groups -OCH3 is 1. The number of alkyl halides is 3. The van der Waals surface area contributed by atoms with Crippen molar-refractivity contribution in [1.29, 1.82) is 0 Å². The number of aromatic nitrogens is 1. The molecule has 1 heterocycles. The van der Waals surface area contributed by atoms with Gasteiger partial charge in [-0.1, -0.05) is 6.07 Å². The van der Waals surface area contributed by atoms with E-state index in [1.807, 2.05) is 0 Å². The molecular weight excluding hydrogens is 353 g/mol. The van der Waals surface area contributed by atoms with Gasteiger partial charge in [-0.2, -0.15) is 13.2 Å². The summed E-state index contributed by atoms with van der Waals surface area (Å²) < 4.78 is 49.4. The van der Waals surface area contributed by atoms with Gasteiger partial charge in [-0.3, -0.25) is 10.1 Å². The van der Waals surface area contributed by atoms with Crippen LogP contribution in [0.4, 0.5) is 18.9 Å². The molecule has 3 rings (SSSR count). The van der Waals surface area contributed by atoms with E-state index in [0.29, 0.717) is 0 Å². The number of halogens is 3. The second kappa shape index (κ2) is 6.51. The summed E-state index contributed by atoms with van der Waals surface area (Å²) in [5.41, 5.74) is -1.13.